The Morgan fingerprint density at radius 1 is 1.57 bits per heavy atom. The third kappa shape index (κ3) is 2.34. The van der Waals surface area contributed by atoms with Crippen molar-refractivity contribution in [1.29, 1.82) is 0 Å². The van der Waals surface area contributed by atoms with Crippen molar-refractivity contribution >= 4 is 11.3 Å². The summed E-state index contributed by atoms with van der Waals surface area (Å²) < 4.78 is 0. The van der Waals surface area contributed by atoms with Crippen LogP contribution in [0.4, 0.5) is 0 Å². The van der Waals surface area contributed by atoms with Gasteiger partial charge in [-0.05, 0) is 19.3 Å². The fourth-order valence-electron chi connectivity index (χ4n) is 2.28. The van der Waals surface area contributed by atoms with Gasteiger partial charge in [0.2, 0.25) is 0 Å². The number of hydrogen-bond donors (Lipinski definition) is 1. The van der Waals surface area contributed by atoms with E-state index < -0.39 is 0 Å². The van der Waals surface area contributed by atoms with Crippen LogP contribution in [0, 0.1) is 12.8 Å². The Labute approximate surface area is 89.5 Å². The summed E-state index contributed by atoms with van der Waals surface area (Å²) in [6, 6.07) is 0.169. The SMILES string of the molecule is Cc1nc(C(N)CC2CCCC2)cs1. The summed E-state index contributed by atoms with van der Waals surface area (Å²) >= 11 is 1.70. The van der Waals surface area contributed by atoms with Gasteiger partial charge in [-0.2, -0.15) is 0 Å². The van der Waals surface area contributed by atoms with E-state index in [1.807, 2.05) is 6.92 Å². The predicted octanol–water partition coefficient (Wildman–Crippen LogP) is 3.03. The Morgan fingerprint density at radius 3 is 2.86 bits per heavy atom. The van der Waals surface area contributed by atoms with Crippen molar-refractivity contribution in [2.24, 2.45) is 11.7 Å². The lowest BCUT2D eigenvalue weighted by Gasteiger charge is -2.13. The van der Waals surface area contributed by atoms with Crippen molar-refractivity contribution in [3.05, 3.63) is 16.1 Å². The average molecular weight is 210 g/mol. The quantitative estimate of drug-likeness (QED) is 0.833. The van der Waals surface area contributed by atoms with Crippen molar-refractivity contribution in [2.75, 3.05) is 0 Å². The molecule has 1 saturated carbocycles. The van der Waals surface area contributed by atoms with E-state index in [-0.39, 0.29) is 6.04 Å². The molecule has 0 bridgehead atoms. The molecule has 3 heteroatoms. The molecule has 0 radical (unpaired) electrons. The molecular formula is C11H18N2S. The van der Waals surface area contributed by atoms with Crippen LogP contribution >= 0.6 is 11.3 Å². The molecule has 1 aromatic heterocycles. The highest BCUT2D eigenvalue weighted by molar-refractivity contribution is 7.09. The lowest BCUT2D eigenvalue weighted by atomic mass is 9.97. The normalized spacial score (nSPS) is 20.1. The minimum Gasteiger partial charge on any atom is -0.323 e. The fraction of sp³-hybridized carbons (Fsp3) is 0.727. The van der Waals surface area contributed by atoms with Gasteiger partial charge in [0.25, 0.3) is 0 Å². The van der Waals surface area contributed by atoms with Gasteiger partial charge in [0.1, 0.15) is 0 Å². The number of nitrogens with two attached hydrogens (primary N) is 1. The molecule has 1 fully saturated rings. The summed E-state index contributed by atoms with van der Waals surface area (Å²) in [5, 5.41) is 3.23. The summed E-state index contributed by atoms with van der Waals surface area (Å²) in [4.78, 5) is 4.45. The summed E-state index contributed by atoms with van der Waals surface area (Å²) in [6.07, 6.45) is 6.66. The van der Waals surface area contributed by atoms with Gasteiger partial charge in [0.15, 0.2) is 0 Å². The Balaban J connectivity index is 1.91. The van der Waals surface area contributed by atoms with Crippen LogP contribution in [0.1, 0.15) is 48.8 Å². The first kappa shape index (κ1) is 10.1. The van der Waals surface area contributed by atoms with Crippen LogP contribution in [-0.4, -0.2) is 4.98 Å². The summed E-state index contributed by atoms with van der Waals surface area (Å²) in [5.41, 5.74) is 7.23. The molecule has 1 aliphatic carbocycles. The summed E-state index contributed by atoms with van der Waals surface area (Å²) in [5.74, 6) is 0.854. The van der Waals surface area contributed by atoms with Crippen molar-refractivity contribution in [2.45, 2.75) is 45.1 Å². The van der Waals surface area contributed by atoms with Crippen molar-refractivity contribution in [1.82, 2.24) is 4.98 Å². The first-order chi connectivity index (χ1) is 6.75. The van der Waals surface area contributed by atoms with E-state index in [2.05, 4.69) is 10.4 Å². The Morgan fingerprint density at radius 2 is 2.29 bits per heavy atom. The van der Waals surface area contributed by atoms with E-state index in [4.69, 9.17) is 5.73 Å². The zero-order valence-corrected chi connectivity index (χ0v) is 9.52. The van der Waals surface area contributed by atoms with Crippen LogP contribution in [0.5, 0.6) is 0 Å². The highest BCUT2D eigenvalue weighted by atomic mass is 32.1. The summed E-state index contributed by atoms with van der Waals surface area (Å²) in [6.45, 7) is 2.04. The molecule has 0 aromatic carbocycles. The Bertz CT molecular complexity index is 289. The van der Waals surface area contributed by atoms with Gasteiger partial charge in [-0.3, -0.25) is 0 Å². The third-order valence-corrected chi connectivity index (χ3v) is 3.87. The van der Waals surface area contributed by atoms with Gasteiger partial charge in [-0.1, -0.05) is 25.7 Å². The third-order valence-electron chi connectivity index (χ3n) is 3.08. The minimum atomic E-state index is 0.169. The maximum Gasteiger partial charge on any atom is 0.0898 e. The van der Waals surface area contributed by atoms with E-state index in [9.17, 15) is 0 Å². The van der Waals surface area contributed by atoms with Crippen molar-refractivity contribution in [3.63, 3.8) is 0 Å². The monoisotopic (exact) mass is 210 g/mol. The van der Waals surface area contributed by atoms with E-state index in [1.54, 1.807) is 11.3 Å². The van der Waals surface area contributed by atoms with Gasteiger partial charge in [-0.15, -0.1) is 11.3 Å². The van der Waals surface area contributed by atoms with Gasteiger partial charge >= 0.3 is 0 Å². The second-order valence-corrected chi connectivity index (χ2v) is 5.35. The standard InChI is InChI=1S/C11H18N2S/c1-8-13-11(7-14-8)10(12)6-9-4-2-3-5-9/h7,9-10H,2-6,12H2,1H3. The fourth-order valence-corrected chi connectivity index (χ4v) is 2.95. The predicted molar refractivity (Wildman–Crippen MR) is 60.4 cm³/mol. The van der Waals surface area contributed by atoms with Crippen LogP contribution in [0.3, 0.4) is 0 Å². The van der Waals surface area contributed by atoms with Crippen molar-refractivity contribution in [3.8, 4) is 0 Å². The van der Waals surface area contributed by atoms with Gasteiger partial charge in [0, 0.05) is 11.4 Å². The molecule has 1 unspecified atom stereocenters. The first-order valence-electron chi connectivity index (χ1n) is 5.43. The maximum atomic E-state index is 6.13. The molecule has 2 rings (SSSR count). The minimum absolute atomic E-state index is 0.169. The molecule has 0 amide bonds. The molecule has 0 spiro atoms. The molecule has 0 saturated heterocycles. The van der Waals surface area contributed by atoms with E-state index >= 15 is 0 Å². The van der Waals surface area contributed by atoms with Crippen LogP contribution in [0.2, 0.25) is 0 Å². The van der Waals surface area contributed by atoms with Gasteiger partial charge in [0.05, 0.1) is 10.7 Å². The largest absolute Gasteiger partial charge is 0.323 e. The van der Waals surface area contributed by atoms with E-state index in [0.717, 1.165) is 23.0 Å². The molecule has 1 aliphatic rings. The Hall–Kier alpha value is -0.410. The lowest BCUT2D eigenvalue weighted by molar-refractivity contribution is 0.446. The van der Waals surface area contributed by atoms with Gasteiger partial charge in [-0.25, -0.2) is 4.98 Å². The smallest absolute Gasteiger partial charge is 0.0898 e. The molecule has 2 nitrogen and oxygen atoms in total. The van der Waals surface area contributed by atoms with E-state index in [1.165, 1.54) is 25.7 Å². The molecule has 1 atom stereocenters. The van der Waals surface area contributed by atoms with Crippen LogP contribution in [0.15, 0.2) is 5.38 Å². The molecular weight excluding hydrogens is 192 g/mol. The lowest BCUT2D eigenvalue weighted by Crippen LogP contribution is -2.14. The second-order valence-electron chi connectivity index (χ2n) is 4.28. The number of aromatic nitrogens is 1. The number of aryl methyl sites for hydroxylation is 1. The molecule has 78 valence electrons. The second kappa shape index (κ2) is 4.41. The molecule has 0 aliphatic heterocycles. The van der Waals surface area contributed by atoms with Crippen molar-refractivity contribution < 1.29 is 0 Å². The zero-order chi connectivity index (χ0) is 9.97. The topological polar surface area (TPSA) is 38.9 Å². The highest BCUT2D eigenvalue weighted by Crippen LogP contribution is 2.32. The van der Waals surface area contributed by atoms with Crippen LogP contribution in [0.25, 0.3) is 0 Å². The number of hydrogen-bond acceptors (Lipinski definition) is 3. The molecule has 14 heavy (non-hydrogen) atoms. The zero-order valence-electron chi connectivity index (χ0n) is 8.70. The molecule has 1 heterocycles. The van der Waals surface area contributed by atoms with Gasteiger partial charge < -0.3 is 5.73 Å². The highest BCUT2D eigenvalue weighted by Gasteiger charge is 2.19. The average Bonchev–Trinajstić information content (AvgIpc) is 2.75. The number of thiazole rings is 1. The number of nitrogens with zero attached hydrogens (tertiary/aromatic N) is 1. The molecule has 2 N–H and O–H groups in total. The van der Waals surface area contributed by atoms with Crippen LogP contribution in [-0.2, 0) is 0 Å². The maximum absolute atomic E-state index is 6.13. The Kier molecular flexibility index (Phi) is 3.19. The van der Waals surface area contributed by atoms with Crippen LogP contribution < -0.4 is 5.73 Å². The molecule has 1 aromatic rings. The first-order valence-corrected chi connectivity index (χ1v) is 6.31. The summed E-state index contributed by atoms with van der Waals surface area (Å²) in [7, 11) is 0. The van der Waals surface area contributed by atoms with E-state index in [0.29, 0.717) is 0 Å². The number of rotatable bonds is 3.